The topological polar surface area (TPSA) is 35.5 Å². The normalized spacial score (nSPS) is 17.7. The van der Waals surface area contributed by atoms with Gasteiger partial charge in [-0.2, -0.15) is 0 Å². The molecule has 0 amide bonds. The Hall–Kier alpha value is 0.730. The molecule has 6 heteroatoms. The highest BCUT2D eigenvalue weighted by Crippen LogP contribution is 2.52. The van der Waals surface area contributed by atoms with Gasteiger partial charge < -0.3 is 9.26 Å². The van der Waals surface area contributed by atoms with E-state index in [2.05, 4.69) is 6.92 Å². The Morgan fingerprint density at radius 1 is 1.50 bits per heavy atom. The van der Waals surface area contributed by atoms with Crippen molar-refractivity contribution in [2.24, 2.45) is 0 Å². The first kappa shape index (κ1) is 14.7. The summed E-state index contributed by atoms with van der Waals surface area (Å²) in [5.74, 6) is 0. The van der Waals surface area contributed by atoms with E-state index >= 15 is 0 Å². The molecule has 0 aromatic carbocycles. The molecule has 0 radical (unpaired) electrons. The smallest absolute Gasteiger partial charge is 0.315 e. The average Bonchev–Trinajstić information content (AvgIpc) is 2.10. The maximum atomic E-state index is 11.4. The van der Waals surface area contributed by atoms with Gasteiger partial charge in [-0.3, -0.25) is 4.57 Å². The van der Waals surface area contributed by atoms with Crippen molar-refractivity contribution in [3.63, 3.8) is 0 Å². The summed E-state index contributed by atoms with van der Waals surface area (Å²) in [6, 6.07) is 0. The van der Waals surface area contributed by atoms with Crippen LogP contribution in [0.2, 0.25) is 0 Å². The number of hydrogen-bond acceptors (Lipinski definition) is 3. The van der Waals surface area contributed by atoms with Gasteiger partial charge in [0.2, 0.25) is 0 Å². The lowest BCUT2D eigenvalue weighted by Crippen LogP contribution is -2.04. The maximum absolute atomic E-state index is 11.4. The molecule has 0 fully saturated rings. The average molecular weight is 263 g/mol. The van der Waals surface area contributed by atoms with E-state index in [1.807, 2.05) is 0 Å². The molecule has 0 N–H and O–H groups in total. The van der Waals surface area contributed by atoms with Crippen LogP contribution in [0.1, 0.15) is 26.7 Å². The molecule has 0 aliphatic carbocycles. The van der Waals surface area contributed by atoms with Crippen LogP contribution in [0, 0.1) is 0 Å². The van der Waals surface area contributed by atoms with E-state index in [1.54, 1.807) is 6.92 Å². The van der Waals surface area contributed by atoms with Gasteiger partial charge >= 0.3 is 6.72 Å². The lowest BCUT2D eigenvalue weighted by molar-refractivity contribution is 0.161. The number of rotatable bonds is 8. The standard InChI is InChI=1S/C8H17Cl2O3P/c1-3-4-5-12-7-14(10,11)13-6-8(2)9/h8H,3-7H2,1-2H3. The van der Waals surface area contributed by atoms with Crippen LogP contribution in [0.25, 0.3) is 0 Å². The molecule has 0 aromatic rings. The van der Waals surface area contributed by atoms with Crippen LogP contribution in [0.15, 0.2) is 0 Å². The van der Waals surface area contributed by atoms with E-state index in [0.29, 0.717) is 6.61 Å². The van der Waals surface area contributed by atoms with Crippen molar-refractivity contribution < 1.29 is 13.8 Å². The minimum Gasteiger partial charge on any atom is -0.370 e. The molecule has 0 bridgehead atoms. The Balaban J connectivity index is 3.56. The molecule has 2 atom stereocenters. The fraction of sp³-hybridized carbons (Fsp3) is 1.00. The lowest BCUT2D eigenvalue weighted by atomic mass is 10.4. The van der Waals surface area contributed by atoms with Gasteiger partial charge in [0, 0.05) is 6.61 Å². The maximum Gasteiger partial charge on any atom is 0.315 e. The van der Waals surface area contributed by atoms with Gasteiger partial charge in [0.25, 0.3) is 0 Å². The zero-order valence-electron chi connectivity index (χ0n) is 8.54. The van der Waals surface area contributed by atoms with E-state index in [-0.39, 0.29) is 18.3 Å². The van der Waals surface area contributed by atoms with Crippen molar-refractivity contribution in [3.8, 4) is 0 Å². The zero-order valence-corrected chi connectivity index (χ0v) is 10.9. The predicted octanol–water partition coefficient (Wildman–Crippen LogP) is 3.84. The first-order valence-electron chi connectivity index (χ1n) is 4.63. The van der Waals surface area contributed by atoms with Crippen molar-refractivity contribution >= 4 is 29.6 Å². The third-order valence-corrected chi connectivity index (χ3v) is 3.12. The quantitative estimate of drug-likeness (QED) is 0.379. The second kappa shape index (κ2) is 7.95. The van der Waals surface area contributed by atoms with Crippen LogP contribution in [0.5, 0.6) is 0 Å². The van der Waals surface area contributed by atoms with Gasteiger partial charge in [-0.15, -0.1) is 11.6 Å². The third kappa shape index (κ3) is 9.29. The molecule has 0 heterocycles. The Labute approximate surface area is 95.3 Å². The lowest BCUT2D eigenvalue weighted by Gasteiger charge is -2.12. The highest BCUT2D eigenvalue weighted by atomic mass is 35.7. The molecule has 14 heavy (non-hydrogen) atoms. The fourth-order valence-corrected chi connectivity index (χ4v) is 2.07. The monoisotopic (exact) mass is 262 g/mol. The first-order valence-corrected chi connectivity index (χ1v) is 7.78. The molecule has 86 valence electrons. The van der Waals surface area contributed by atoms with E-state index in [9.17, 15) is 4.57 Å². The number of hydrogen-bond donors (Lipinski definition) is 0. The Morgan fingerprint density at radius 3 is 2.64 bits per heavy atom. The summed E-state index contributed by atoms with van der Waals surface area (Å²) in [6.45, 7) is 1.42. The van der Waals surface area contributed by atoms with E-state index in [0.717, 1.165) is 12.8 Å². The SMILES string of the molecule is CCCCOCP(=O)(Cl)OCC(C)Cl. The van der Waals surface area contributed by atoms with Gasteiger partial charge in [0.15, 0.2) is 0 Å². The summed E-state index contributed by atoms with van der Waals surface area (Å²) in [5, 5.41) is -0.197. The number of alkyl halides is 1. The molecule has 0 rings (SSSR count). The number of ether oxygens (including phenoxy) is 1. The molecule has 2 unspecified atom stereocenters. The summed E-state index contributed by atoms with van der Waals surface area (Å²) in [4.78, 5) is 0. The van der Waals surface area contributed by atoms with Crippen LogP contribution < -0.4 is 0 Å². The van der Waals surface area contributed by atoms with Gasteiger partial charge in [0.1, 0.15) is 6.35 Å². The van der Waals surface area contributed by atoms with Gasteiger partial charge in [-0.1, -0.05) is 13.3 Å². The summed E-state index contributed by atoms with van der Waals surface area (Å²) in [7, 11) is 0. The molecule has 0 aliphatic rings. The number of halogens is 2. The van der Waals surface area contributed by atoms with E-state index in [4.69, 9.17) is 32.1 Å². The van der Waals surface area contributed by atoms with Crippen LogP contribution in [0.3, 0.4) is 0 Å². The Bertz CT molecular complexity index is 187. The van der Waals surface area contributed by atoms with Crippen LogP contribution in [-0.4, -0.2) is 24.9 Å². The number of unbranched alkanes of at least 4 members (excludes halogenated alkanes) is 1. The highest BCUT2D eigenvalue weighted by Gasteiger charge is 2.20. The third-order valence-electron chi connectivity index (χ3n) is 1.38. The van der Waals surface area contributed by atoms with Crippen molar-refractivity contribution in [3.05, 3.63) is 0 Å². The predicted molar refractivity (Wildman–Crippen MR) is 60.5 cm³/mol. The Kier molecular flexibility index (Phi) is 8.36. The molecular formula is C8H17Cl2O3P. The first-order chi connectivity index (χ1) is 6.48. The largest absolute Gasteiger partial charge is 0.370 e. The highest BCUT2D eigenvalue weighted by molar-refractivity contribution is 7.85. The zero-order chi connectivity index (χ0) is 11.0. The summed E-state index contributed by atoms with van der Waals surface area (Å²) >= 11 is 11.2. The molecule has 0 aliphatic heterocycles. The fourth-order valence-electron chi connectivity index (χ4n) is 0.671. The van der Waals surface area contributed by atoms with E-state index in [1.165, 1.54) is 0 Å². The second-order valence-electron chi connectivity index (χ2n) is 3.06. The second-order valence-corrected chi connectivity index (χ2v) is 7.04. The van der Waals surface area contributed by atoms with Crippen LogP contribution in [0.4, 0.5) is 0 Å². The van der Waals surface area contributed by atoms with Gasteiger partial charge in [-0.05, 0) is 24.6 Å². The van der Waals surface area contributed by atoms with Crippen LogP contribution >= 0.6 is 29.6 Å². The summed E-state index contributed by atoms with van der Waals surface area (Å²) < 4.78 is 21.5. The molecule has 0 aromatic heterocycles. The summed E-state index contributed by atoms with van der Waals surface area (Å²) in [6.07, 6.45) is 1.92. The van der Waals surface area contributed by atoms with Crippen molar-refractivity contribution in [2.75, 3.05) is 19.6 Å². The van der Waals surface area contributed by atoms with Crippen molar-refractivity contribution in [1.82, 2.24) is 0 Å². The van der Waals surface area contributed by atoms with Gasteiger partial charge in [-0.25, -0.2) is 0 Å². The molecule has 0 saturated heterocycles. The van der Waals surface area contributed by atoms with E-state index < -0.39 is 6.72 Å². The van der Waals surface area contributed by atoms with Crippen molar-refractivity contribution in [1.29, 1.82) is 0 Å². The molecule has 0 spiro atoms. The molecular weight excluding hydrogens is 246 g/mol. The van der Waals surface area contributed by atoms with Gasteiger partial charge in [0.05, 0.1) is 12.0 Å². The van der Waals surface area contributed by atoms with Crippen molar-refractivity contribution in [2.45, 2.75) is 32.1 Å². The Morgan fingerprint density at radius 2 is 2.14 bits per heavy atom. The molecule has 3 nitrogen and oxygen atoms in total. The summed E-state index contributed by atoms with van der Waals surface area (Å²) in [5.41, 5.74) is 0. The minimum atomic E-state index is -3.12. The minimum absolute atomic E-state index is 0.0435. The molecule has 0 saturated carbocycles. The van der Waals surface area contributed by atoms with Crippen LogP contribution in [-0.2, 0) is 13.8 Å².